The molecule has 0 aliphatic heterocycles. The minimum absolute atomic E-state index is 0. The second-order valence-corrected chi connectivity index (χ2v) is 5.02. The van der Waals surface area contributed by atoms with Gasteiger partial charge in [-0.15, -0.1) is 24.0 Å². The first kappa shape index (κ1) is 21.2. The van der Waals surface area contributed by atoms with Gasteiger partial charge in [0.05, 0.1) is 17.8 Å². The van der Waals surface area contributed by atoms with Gasteiger partial charge in [-0.25, -0.2) is 4.39 Å². The third kappa shape index (κ3) is 5.87. The maximum Gasteiger partial charge on any atom is 0.416 e. The summed E-state index contributed by atoms with van der Waals surface area (Å²) in [6.45, 7) is 0.270. The fourth-order valence-electron chi connectivity index (χ4n) is 2.12. The maximum absolute atomic E-state index is 13.1. The smallest absolute Gasteiger partial charge is 0.352 e. The van der Waals surface area contributed by atoms with E-state index in [2.05, 4.69) is 20.7 Å². The second-order valence-electron chi connectivity index (χ2n) is 5.02. The van der Waals surface area contributed by atoms with Crippen LogP contribution in [0.25, 0.3) is 0 Å². The predicted octanol–water partition coefficient (Wildman–Crippen LogP) is 3.06. The van der Waals surface area contributed by atoms with E-state index in [0.717, 1.165) is 17.8 Å². The van der Waals surface area contributed by atoms with Gasteiger partial charge in [0.25, 0.3) is 0 Å². The number of rotatable bonds is 4. The lowest BCUT2D eigenvalue weighted by Gasteiger charge is -2.16. The van der Waals surface area contributed by atoms with Crippen LogP contribution in [0, 0.1) is 5.82 Å². The number of guanidine groups is 1. The highest BCUT2D eigenvalue weighted by Crippen LogP contribution is 2.32. The van der Waals surface area contributed by atoms with Crippen LogP contribution in [-0.2, 0) is 26.3 Å². The molecule has 2 aromatic rings. The van der Waals surface area contributed by atoms with Crippen molar-refractivity contribution in [3.63, 3.8) is 0 Å². The molecule has 0 saturated carbocycles. The van der Waals surface area contributed by atoms with Crippen molar-refractivity contribution in [1.29, 1.82) is 0 Å². The SMILES string of the molecule is CN=C(NCc1ccc(F)cc1C(F)(F)F)NCc1ccnn1C.I. The normalized spacial score (nSPS) is 11.8. The molecule has 1 heterocycles. The van der Waals surface area contributed by atoms with Crippen molar-refractivity contribution < 1.29 is 17.6 Å². The lowest BCUT2D eigenvalue weighted by molar-refractivity contribution is -0.138. The van der Waals surface area contributed by atoms with E-state index in [1.807, 2.05) is 6.07 Å². The summed E-state index contributed by atoms with van der Waals surface area (Å²) >= 11 is 0. The van der Waals surface area contributed by atoms with Crippen molar-refractivity contribution in [3.05, 3.63) is 53.1 Å². The number of hydrogen-bond donors (Lipinski definition) is 2. The summed E-state index contributed by atoms with van der Waals surface area (Å²) in [7, 11) is 3.29. The first-order chi connectivity index (χ1) is 11.3. The first-order valence-electron chi connectivity index (χ1n) is 7.08. The molecule has 2 rings (SSSR count). The molecule has 138 valence electrons. The number of nitrogens with zero attached hydrogens (tertiary/aromatic N) is 3. The maximum atomic E-state index is 13.1. The molecule has 25 heavy (non-hydrogen) atoms. The van der Waals surface area contributed by atoms with Crippen LogP contribution >= 0.6 is 24.0 Å². The number of alkyl halides is 3. The largest absolute Gasteiger partial charge is 0.416 e. The molecule has 0 radical (unpaired) electrons. The summed E-state index contributed by atoms with van der Waals surface area (Å²) in [4.78, 5) is 3.95. The van der Waals surface area contributed by atoms with Gasteiger partial charge in [0.15, 0.2) is 5.96 Å². The van der Waals surface area contributed by atoms with Crippen molar-refractivity contribution in [1.82, 2.24) is 20.4 Å². The van der Waals surface area contributed by atoms with Gasteiger partial charge in [0, 0.05) is 26.8 Å². The average molecular weight is 471 g/mol. The van der Waals surface area contributed by atoms with Crippen LogP contribution in [0.2, 0.25) is 0 Å². The molecule has 10 heteroatoms. The molecule has 2 N–H and O–H groups in total. The summed E-state index contributed by atoms with van der Waals surface area (Å²) in [5.74, 6) is -0.599. The highest BCUT2D eigenvalue weighted by Gasteiger charge is 2.33. The molecule has 0 aliphatic rings. The van der Waals surface area contributed by atoms with Crippen LogP contribution in [0.5, 0.6) is 0 Å². The van der Waals surface area contributed by atoms with E-state index in [-0.39, 0.29) is 36.1 Å². The third-order valence-electron chi connectivity index (χ3n) is 3.41. The van der Waals surface area contributed by atoms with Crippen molar-refractivity contribution in [2.75, 3.05) is 7.05 Å². The van der Waals surface area contributed by atoms with Gasteiger partial charge in [-0.05, 0) is 23.8 Å². The average Bonchev–Trinajstić information content (AvgIpc) is 2.93. The summed E-state index contributed by atoms with van der Waals surface area (Å²) in [5, 5.41) is 9.78. The zero-order valence-electron chi connectivity index (χ0n) is 13.6. The molecule has 0 aliphatic carbocycles. The summed E-state index contributed by atoms with van der Waals surface area (Å²) in [5.41, 5.74) is -0.180. The van der Waals surface area contributed by atoms with E-state index in [1.165, 1.54) is 7.05 Å². The lowest BCUT2D eigenvalue weighted by Crippen LogP contribution is -2.37. The van der Waals surface area contributed by atoms with Gasteiger partial charge in [0.2, 0.25) is 0 Å². The quantitative estimate of drug-likeness (QED) is 0.312. The lowest BCUT2D eigenvalue weighted by atomic mass is 10.1. The number of nitrogens with one attached hydrogen (secondary N) is 2. The van der Waals surface area contributed by atoms with E-state index >= 15 is 0 Å². The highest BCUT2D eigenvalue weighted by atomic mass is 127. The fourth-order valence-corrected chi connectivity index (χ4v) is 2.12. The van der Waals surface area contributed by atoms with E-state index < -0.39 is 17.6 Å². The van der Waals surface area contributed by atoms with E-state index in [1.54, 1.807) is 17.9 Å². The number of aliphatic imine (C=N–C) groups is 1. The van der Waals surface area contributed by atoms with Crippen LogP contribution in [0.4, 0.5) is 17.6 Å². The van der Waals surface area contributed by atoms with Crippen LogP contribution in [0.15, 0.2) is 35.5 Å². The van der Waals surface area contributed by atoms with Crippen molar-refractivity contribution in [2.24, 2.45) is 12.0 Å². The molecular formula is C15H18F4IN5. The molecule has 0 amide bonds. The number of hydrogen-bond acceptors (Lipinski definition) is 2. The molecular weight excluding hydrogens is 453 g/mol. The predicted molar refractivity (Wildman–Crippen MR) is 97.1 cm³/mol. The minimum atomic E-state index is -4.62. The van der Waals surface area contributed by atoms with E-state index in [4.69, 9.17) is 0 Å². The Morgan fingerprint density at radius 1 is 1.20 bits per heavy atom. The Bertz CT molecular complexity index is 727. The monoisotopic (exact) mass is 471 g/mol. The van der Waals surface area contributed by atoms with Gasteiger partial charge in [-0.3, -0.25) is 9.67 Å². The molecule has 0 atom stereocenters. The topological polar surface area (TPSA) is 54.2 Å². The van der Waals surface area contributed by atoms with Gasteiger partial charge in [-0.2, -0.15) is 18.3 Å². The highest BCUT2D eigenvalue weighted by molar-refractivity contribution is 14.0. The van der Waals surface area contributed by atoms with Crippen LogP contribution < -0.4 is 10.6 Å². The zero-order valence-corrected chi connectivity index (χ0v) is 15.9. The third-order valence-corrected chi connectivity index (χ3v) is 3.41. The Labute approximate surface area is 159 Å². The molecule has 0 saturated heterocycles. The summed E-state index contributed by atoms with van der Waals surface area (Å²) < 4.78 is 53.7. The number of aryl methyl sites for hydroxylation is 1. The molecule has 1 aromatic heterocycles. The Balaban J connectivity index is 0.00000312. The van der Waals surface area contributed by atoms with Crippen LogP contribution in [0.3, 0.4) is 0 Å². The van der Waals surface area contributed by atoms with Crippen molar-refractivity contribution >= 4 is 29.9 Å². The summed E-state index contributed by atoms with van der Waals surface area (Å²) in [6.07, 6.45) is -2.98. The Morgan fingerprint density at radius 3 is 2.44 bits per heavy atom. The molecule has 0 unspecified atom stereocenters. The Morgan fingerprint density at radius 2 is 1.88 bits per heavy atom. The molecule has 0 fully saturated rings. The van der Waals surface area contributed by atoms with Gasteiger partial charge < -0.3 is 10.6 Å². The standard InChI is InChI=1S/C15H17F4N5.HI/c1-20-14(22-9-12-5-6-23-24(12)2)21-8-10-3-4-11(16)7-13(10)15(17,18)19;/h3-7H,8-9H2,1-2H3,(H2,20,21,22);1H. The van der Waals surface area contributed by atoms with Crippen molar-refractivity contribution in [2.45, 2.75) is 19.3 Å². The first-order valence-corrected chi connectivity index (χ1v) is 7.08. The van der Waals surface area contributed by atoms with Crippen LogP contribution in [-0.4, -0.2) is 22.8 Å². The minimum Gasteiger partial charge on any atom is -0.352 e. The molecule has 0 bridgehead atoms. The van der Waals surface area contributed by atoms with Crippen LogP contribution in [0.1, 0.15) is 16.8 Å². The fraction of sp³-hybridized carbons (Fsp3) is 0.333. The number of benzene rings is 1. The van der Waals surface area contributed by atoms with E-state index in [9.17, 15) is 17.6 Å². The van der Waals surface area contributed by atoms with Gasteiger partial charge in [-0.1, -0.05) is 6.07 Å². The Hall–Kier alpha value is -1.85. The van der Waals surface area contributed by atoms with Gasteiger partial charge >= 0.3 is 6.18 Å². The molecule has 1 aromatic carbocycles. The van der Waals surface area contributed by atoms with E-state index in [0.29, 0.717) is 18.6 Å². The summed E-state index contributed by atoms with van der Waals surface area (Å²) in [6, 6.07) is 4.41. The van der Waals surface area contributed by atoms with Gasteiger partial charge in [0.1, 0.15) is 5.82 Å². The number of aromatic nitrogens is 2. The zero-order chi connectivity index (χ0) is 17.7. The van der Waals surface area contributed by atoms with Crippen molar-refractivity contribution in [3.8, 4) is 0 Å². The molecule has 0 spiro atoms. The Kier molecular flexibility index (Phi) is 7.64. The second kappa shape index (κ2) is 9.02. The number of halogens is 5. The molecule has 5 nitrogen and oxygen atoms in total.